The third-order valence-corrected chi connectivity index (χ3v) is 1.26. The van der Waals surface area contributed by atoms with Crippen molar-refractivity contribution in [2.45, 2.75) is 26.9 Å². The monoisotopic (exact) mass is 150 g/mol. The molecule has 0 aliphatic carbocycles. The van der Waals surface area contributed by atoms with Gasteiger partial charge in [0.05, 0.1) is 12.3 Å². The molecular weight excluding hydrogens is 138 g/mol. The van der Waals surface area contributed by atoms with E-state index in [1.807, 2.05) is 26.8 Å². The molecule has 1 aromatic rings. The largest absolute Gasteiger partial charge is 0.491 e. The maximum Gasteiger partial charge on any atom is 0.126 e. The molecule has 0 N–H and O–H groups in total. The van der Waals surface area contributed by atoms with Crippen LogP contribution in [0.4, 0.5) is 0 Å². The second kappa shape index (κ2) is 3.37. The third kappa shape index (κ3) is 2.22. The molecule has 0 spiro atoms. The number of hydrogen-bond donors (Lipinski definition) is 0. The molecule has 0 unspecified atom stereocenters. The Balaban J connectivity index is 2.78. The highest BCUT2D eigenvalue weighted by Crippen LogP contribution is 2.15. The van der Waals surface area contributed by atoms with E-state index in [4.69, 9.17) is 4.74 Å². The molecule has 0 aliphatic rings. The van der Waals surface area contributed by atoms with Gasteiger partial charge in [0.1, 0.15) is 5.75 Å². The van der Waals surface area contributed by atoms with Crippen LogP contribution in [0.2, 0.25) is 0 Å². The maximum atomic E-state index is 5.47. The smallest absolute Gasteiger partial charge is 0.126 e. The van der Waals surface area contributed by atoms with Crippen LogP contribution in [0.3, 0.4) is 0 Å². The fourth-order valence-corrected chi connectivity index (χ4v) is 0.801. The summed E-state index contributed by atoms with van der Waals surface area (Å²) in [6.45, 7) is 5.93. The normalized spacial score (nSPS) is 10.2. The molecule has 2 heteroatoms. The van der Waals surface area contributed by atoms with Gasteiger partial charge in [0.15, 0.2) is 0 Å². The zero-order valence-electron chi connectivity index (χ0n) is 7.09. The van der Waals surface area contributed by atoms with Gasteiger partial charge < -0.3 is 4.74 Å². The van der Waals surface area contributed by atoms with Crippen LogP contribution in [0, 0.1) is 13.1 Å². The molecular formula is C9H12NO. The highest BCUT2D eigenvalue weighted by atomic mass is 16.5. The summed E-state index contributed by atoms with van der Waals surface area (Å²) in [5, 5.41) is 0. The lowest BCUT2D eigenvalue weighted by Crippen LogP contribution is -2.06. The van der Waals surface area contributed by atoms with Crippen LogP contribution in [-0.2, 0) is 0 Å². The predicted octanol–water partition coefficient (Wildman–Crippen LogP) is 1.98. The first-order valence-electron chi connectivity index (χ1n) is 3.70. The topological polar surface area (TPSA) is 22.1 Å². The van der Waals surface area contributed by atoms with Crippen molar-refractivity contribution in [1.82, 2.24) is 4.98 Å². The summed E-state index contributed by atoms with van der Waals surface area (Å²) in [4.78, 5) is 3.85. The van der Waals surface area contributed by atoms with E-state index in [0.717, 1.165) is 11.3 Å². The Morgan fingerprint density at radius 1 is 1.55 bits per heavy atom. The highest BCUT2D eigenvalue weighted by Gasteiger charge is 1.99. The molecule has 1 aromatic heterocycles. The Bertz CT molecular complexity index is 233. The first-order chi connectivity index (χ1) is 5.20. The van der Waals surface area contributed by atoms with E-state index in [0.29, 0.717) is 0 Å². The summed E-state index contributed by atoms with van der Waals surface area (Å²) in [7, 11) is 0. The second-order valence-corrected chi connectivity index (χ2v) is 2.71. The lowest BCUT2D eigenvalue weighted by atomic mass is 10.3. The Labute approximate surface area is 67.2 Å². The van der Waals surface area contributed by atoms with E-state index >= 15 is 0 Å². The van der Waals surface area contributed by atoms with Crippen LogP contribution in [0.15, 0.2) is 12.3 Å². The lowest BCUT2D eigenvalue weighted by Gasteiger charge is -2.10. The van der Waals surface area contributed by atoms with Gasteiger partial charge in [-0.1, -0.05) is 0 Å². The van der Waals surface area contributed by atoms with Gasteiger partial charge in [-0.3, -0.25) is 4.98 Å². The number of ether oxygens (including phenoxy) is 1. The molecule has 11 heavy (non-hydrogen) atoms. The minimum absolute atomic E-state index is 0.212. The van der Waals surface area contributed by atoms with Crippen LogP contribution in [-0.4, -0.2) is 11.1 Å². The van der Waals surface area contributed by atoms with E-state index in [-0.39, 0.29) is 6.10 Å². The minimum atomic E-state index is 0.212. The van der Waals surface area contributed by atoms with E-state index < -0.39 is 0 Å². The molecule has 0 bridgehead atoms. The molecule has 1 radical (unpaired) electrons. The van der Waals surface area contributed by atoms with Crippen LogP contribution in [0.1, 0.15) is 19.4 Å². The van der Waals surface area contributed by atoms with Crippen LogP contribution in [0.25, 0.3) is 0 Å². The molecule has 1 rings (SSSR count). The molecule has 0 atom stereocenters. The van der Waals surface area contributed by atoms with Gasteiger partial charge in [0.25, 0.3) is 0 Å². The first kappa shape index (κ1) is 8.05. The van der Waals surface area contributed by atoms with E-state index in [1.165, 1.54) is 0 Å². The Morgan fingerprint density at radius 2 is 2.27 bits per heavy atom. The van der Waals surface area contributed by atoms with Crippen molar-refractivity contribution >= 4 is 0 Å². The summed E-state index contributed by atoms with van der Waals surface area (Å²) in [6, 6.07) is 1.85. The quantitative estimate of drug-likeness (QED) is 0.643. The van der Waals surface area contributed by atoms with E-state index in [1.54, 1.807) is 6.20 Å². The van der Waals surface area contributed by atoms with E-state index in [2.05, 4.69) is 11.2 Å². The van der Waals surface area contributed by atoms with Crippen molar-refractivity contribution in [3.8, 4) is 5.75 Å². The maximum absolute atomic E-state index is 5.47. The summed E-state index contributed by atoms with van der Waals surface area (Å²) < 4.78 is 5.47. The van der Waals surface area contributed by atoms with Gasteiger partial charge in [-0.25, -0.2) is 0 Å². The average Bonchev–Trinajstić information content (AvgIpc) is 1.93. The molecule has 59 valence electrons. The number of hydrogen-bond acceptors (Lipinski definition) is 2. The lowest BCUT2D eigenvalue weighted by molar-refractivity contribution is 0.240. The van der Waals surface area contributed by atoms with Crippen LogP contribution < -0.4 is 4.74 Å². The summed E-state index contributed by atoms with van der Waals surface area (Å²) in [5.41, 5.74) is 0.959. The molecule has 0 amide bonds. The van der Waals surface area contributed by atoms with Crippen molar-refractivity contribution in [3.05, 3.63) is 24.0 Å². The van der Waals surface area contributed by atoms with Gasteiger partial charge in [0.2, 0.25) is 0 Å². The number of nitrogens with zero attached hydrogens (tertiary/aromatic N) is 1. The molecule has 0 aliphatic heterocycles. The van der Waals surface area contributed by atoms with Crippen LogP contribution >= 0.6 is 0 Å². The van der Waals surface area contributed by atoms with Crippen molar-refractivity contribution in [2.75, 3.05) is 0 Å². The Kier molecular flexibility index (Phi) is 2.47. The fraction of sp³-hybridized carbons (Fsp3) is 0.444. The SMILES string of the molecule is Cc1[c]nccc1OC(C)C. The second-order valence-electron chi connectivity index (χ2n) is 2.71. The van der Waals surface area contributed by atoms with Gasteiger partial charge in [-0.15, -0.1) is 0 Å². The number of pyridine rings is 1. The molecule has 0 saturated heterocycles. The zero-order chi connectivity index (χ0) is 8.27. The summed E-state index contributed by atoms with van der Waals surface area (Å²) in [6.07, 6.45) is 4.73. The van der Waals surface area contributed by atoms with Gasteiger partial charge in [0, 0.05) is 11.8 Å². The van der Waals surface area contributed by atoms with Crippen molar-refractivity contribution in [2.24, 2.45) is 0 Å². The molecule has 0 fully saturated rings. The van der Waals surface area contributed by atoms with Gasteiger partial charge >= 0.3 is 0 Å². The summed E-state index contributed by atoms with van der Waals surface area (Å²) in [5.74, 6) is 0.870. The minimum Gasteiger partial charge on any atom is -0.491 e. The molecule has 2 nitrogen and oxygen atoms in total. The Morgan fingerprint density at radius 3 is 2.82 bits per heavy atom. The molecule has 0 aromatic carbocycles. The average molecular weight is 150 g/mol. The first-order valence-corrected chi connectivity index (χ1v) is 3.70. The van der Waals surface area contributed by atoms with Crippen molar-refractivity contribution in [3.63, 3.8) is 0 Å². The van der Waals surface area contributed by atoms with Crippen molar-refractivity contribution < 1.29 is 4.74 Å². The molecule has 0 saturated carbocycles. The zero-order valence-corrected chi connectivity index (χ0v) is 7.09. The van der Waals surface area contributed by atoms with Gasteiger partial charge in [-0.2, -0.15) is 0 Å². The highest BCUT2D eigenvalue weighted by molar-refractivity contribution is 5.27. The van der Waals surface area contributed by atoms with Crippen molar-refractivity contribution in [1.29, 1.82) is 0 Å². The third-order valence-electron chi connectivity index (χ3n) is 1.26. The molecule has 1 heterocycles. The standard InChI is InChI=1S/C9H12NO/c1-7(2)11-9-4-5-10-6-8(9)3/h4-5,7H,1-3H3. The predicted molar refractivity (Wildman–Crippen MR) is 43.6 cm³/mol. The summed E-state index contributed by atoms with van der Waals surface area (Å²) >= 11 is 0. The number of rotatable bonds is 2. The van der Waals surface area contributed by atoms with E-state index in [9.17, 15) is 0 Å². The number of aromatic nitrogens is 1. The fourth-order valence-electron chi connectivity index (χ4n) is 0.801. The van der Waals surface area contributed by atoms with Crippen LogP contribution in [0.5, 0.6) is 5.75 Å². The Hall–Kier alpha value is -1.05. The number of aryl methyl sites for hydroxylation is 1. The van der Waals surface area contributed by atoms with Gasteiger partial charge in [-0.05, 0) is 26.8 Å².